The molecule has 6 heteroatoms. The number of piperidine rings is 1. The van der Waals surface area contributed by atoms with Crippen LogP contribution in [0.25, 0.3) is 0 Å². The first-order chi connectivity index (χ1) is 15.0. The molecule has 1 atom stereocenters. The fourth-order valence-electron chi connectivity index (χ4n) is 3.99. The lowest BCUT2D eigenvalue weighted by molar-refractivity contribution is 0.0707. The van der Waals surface area contributed by atoms with E-state index in [1.165, 1.54) is 16.9 Å². The molecule has 0 bridgehead atoms. The van der Waals surface area contributed by atoms with Crippen molar-refractivity contribution in [3.63, 3.8) is 0 Å². The second-order valence-electron chi connectivity index (χ2n) is 7.93. The van der Waals surface area contributed by atoms with Crippen LogP contribution in [0, 0.1) is 6.92 Å². The number of amides is 2. The van der Waals surface area contributed by atoms with Crippen molar-refractivity contribution in [1.82, 2.24) is 9.88 Å². The minimum absolute atomic E-state index is 0.0624. The molecule has 1 aromatic heterocycles. The van der Waals surface area contributed by atoms with Crippen molar-refractivity contribution >= 4 is 28.8 Å². The van der Waals surface area contributed by atoms with Gasteiger partial charge in [0.25, 0.3) is 11.8 Å². The van der Waals surface area contributed by atoms with Gasteiger partial charge in [-0.2, -0.15) is 0 Å². The van der Waals surface area contributed by atoms with E-state index >= 15 is 0 Å². The van der Waals surface area contributed by atoms with Gasteiger partial charge in [-0.1, -0.05) is 37.3 Å². The second-order valence-corrected chi connectivity index (χ2v) is 8.96. The van der Waals surface area contributed by atoms with E-state index in [-0.39, 0.29) is 17.7 Å². The van der Waals surface area contributed by atoms with Crippen molar-refractivity contribution < 1.29 is 9.59 Å². The molecule has 4 rings (SSSR count). The number of nitrogens with zero attached hydrogens (tertiary/aromatic N) is 2. The van der Waals surface area contributed by atoms with Crippen LogP contribution in [0.3, 0.4) is 0 Å². The fourth-order valence-corrected chi connectivity index (χ4v) is 5.07. The van der Waals surface area contributed by atoms with Gasteiger partial charge in [-0.25, -0.2) is 4.98 Å². The lowest BCUT2D eigenvalue weighted by Crippen LogP contribution is -2.39. The highest BCUT2D eigenvalue weighted by Gasteiger charge is 2.28. The Labute approximate surface area is 187 Å². The summed E-state index contributed by atoms with van der Waals surface area (Å²) < 4.78 is 0. The van der Waals surface area contributed by atoms with Gasteiger partial charge in [-0.15, -0.1) is 11.3 Å². The Morgan fingerprint density at radius 2 is 1.97 bits per heavy atom. The highest BCUT2D eigenvalue weighted by molar-refractivity contribution is 7.14. The van der Waals surface area contributed by atoms with Gasteiger partial charge < -0.3 is 10.2 Å². The van der Waals surface area contributed by atoms with Crippen LogP contribution in [0.2, 0.25) is 0 Å². The Hall–Kier alpha value is -2.99. The zero-order chi connectivity index (χ0) is 21.8. The summed E-state index contributed by atoms with van der Waals surface area (Å²) in [6.07, 6.45) is 2.84. The molecule has 31 heavy (non-hydrogen) atoms. The molecule has 2 heterocycles. The van der Waals surface area contributed by atoms with E-state index in [0.717, 1.165) is 42.2 Å². The van der Waals surface area contributed by atoms with Gasteiger partial charge in [0.15, 0.2) is 0 Å². The van der Waals surface area contributed by atoms with Crippen LogP contribution in [0.15, 0.2) is 54.6 Å². The molecule has 1 fully saturated rings. The van der Waals surface area contributed by atoms with Crippen molar-refractivity contribution in [1.29, 1.82) is 0 Å². The molecule has 1 saturated heterocycles. The number of rotatable bonds is 5. The van der Waals surface area contributed by atoms with Crippen molar-refractivity contribution in [3.8, 4) is 0 Å². The first kappa shape index (κ1) is 21.2. The van der Waals surface area contributed by atoms with Gasteiger partial charge in [-0.05, 0) is 56.0 Å². The summed E-state index contributed by atoms with van der Waals surface area (Å²) >= 11 is 1.45. The molecule has 1 aliphatic rings. The fraction of sp³-hybridized carbons (Fsp3) is 0.320. The zero-order valence-corrected chi connectivity index (χ0v) is 18.7. The molecular weight excluding hydrogens is 406 g/mol. The molecule has 0 aliphatic carbocycles. The lowest BCUT2D eigenvalue weighted by atomic mass is 9.98. The summed E-state index contributed by atoms with van der Waals surface area (Å²) in [4.78, 5) is 33.0. The molecule has 0 radical (unpaired) electrons. The predicted octanol–water partition coefficient (Wildman–Crippen LogP) is 5.29. The molecule has 0 spiro atoms. The molecule has 1 aliphatic heterocycles. The summed E-state index contributed by atoms with van der Waals surface area (Å²) in [7, 11) is 0. The SMILES string of the molecule is CCc1cccc(NC(=O)c2sc(C3CCCN(C(=O)c4ccccc4)C3)nc2C)c1. The molecule has 3 aromatic rings. The minimum atomic E-state index is -0.123. The van der Waals surface area contributed by atoms with E-state index in [1.807, 2.05) is 60.4 Å². The number of hydrogen-bond donors (Lipinski definition) is 1. The first-order valence-corrected chi connectivity index (χ1v) is 11.6. The smallest absolute Gasteiger partial charge is 0.267 e. The molecule has 1 N–H and O–H groups in total. The Balaban J connectivity index is 1.47. The quantitative estimate of drug-likeness (QED) is 0.595. The van der Waals surface area contributed by atoms with Gasteiger partial charge in [0.05, 0.1) is 10.7 Å². The molecule has 2 aromatic carbocycles. The molecule has 2 amide bonds. The number of anilines is 1. The van der Waals surface area contributed by atoms with Crippen LogP contribution in [0.4, 0.5) is 5.69 Å². The largest absolute Gasteiger partial charge is 0.338 e. The number of carbonyl (C=O) groups excluding carboxylic acids is 2. The van der Waals surface area contributed by atoms with Gasteiger partial charge in [-0.3, -0.25) is 9.59 Å². The third kappa shape index (κ3) is 4.85. The Bertz CT molecular complexity index is 1080. The van der Waals surface area contributed by atoms with Gasteiger partial charge in [0.2, 0.25) is 0 Å². The summed E-state index contributed by atoms with van der Waals surface area (Å²) in [5.41, 5.74) is 3.45. The summed E-state index contributed by atoms with van der Waals surface area (Å²) in [6, 6.07) is 17.3. The number of benzene rings is 2. The average molecular weight is 434 g/mol. The summed E-state index contributed by atoms with van der Waals surface area (Å²) in [5.74, 6) is 0.102. The number of aromatic nitrogens is 1. The highest BCUT2D eigenvalue weighted by atomic mass is 32.1. The molecular formula is C25H27N3O2S. The van der Waals surface area contributed by atoms with E-state index in [2.05, 4.69) is 18.3 Å². The maximum atomic E-state index is 12.9. The van der Waals surface area contributed by atoms with E-state index < -0.39 is 0 Å². The first-order valence-electron chi connectivity index (χ1n) is 10.8. The number of carbonyl (C=O) groups is 2. The molecule has 0 saturated carbocycles. The van der Waals surface area contributed by atoms with Crippen molar-refractivity contribution in [2.45, 2.75) is 39.0 Å². The van der Waals surface area contributed by atoms with Crippen molar-refractivity contribution in [2.75, 3.05) is 18.4 Å². The summed E-state index contributed by atoms with van der Waals surface area (Å²) in [6.45, 7) is 5.37. The summed E-state index contributed by atoms with van der Waals surface area (Å²) in [5, 5.41) is 3.95. The highest BCUT2D eigenvalue weighted by Crippen LogP contribution is 2.32. The standard InChI is InChI=1S/C25H27N3O2S/c1-3-18-9-7-13-21(15-18)27-23(29)22-17(2)26-24(31-22)20-12-8-14-28(16-20)25(30)19-10-5-4-6-11-19/h4-7,9-11,13,15,20H,3,8,12,14,16H2,1-2H3,(H,27,29). The normalized spacial score (nSPS) is 16.2. The van der Waals surface area contributed by atoms with Crippen LogP contribution in [0.5, 0.6) is 0 Å². The number of aryl methyl sites for hydroxylation is 2. The second kappa shape index (κ2) is 9.43. The van der Waals surface area contributed by atoms with E-state index in [0.29, 0.717) is 17.0 Å². The number of thiazole rings is 1. The zero-order valence-electron chi connectivity index (χ0n) is 17.9. The lowest BCUT2D eigenvalue weighted by Gasteiger charge is -2.32. The Morgan fingerprint density at radius 3 is 2.74 bits per heavy atom. The molecule has 5 nitrogen and oxygen atoms in total. The van der Waals surface area contributed by atoms with E-state index in [4.69, 9.17) is 4.98 Å². The minimum Gasteiger partial charge on any atom is -0.338 e. The number of likely N-dealkylation sites (tertiary alicyclic amines) is 1. The maximum absolute atomic E-state index is 12.9. The van der Waals surface area contributed by atoms with E-state index in [1.54, 1.807) is 0 Å². The molecule has 160 valence electrons. The monoisotopic (exact) mass is 433 g/mol. The third-order valence-corrected chi connectivity index (χ3v) is 7.01. The topological polar surface area (TPSA) is 62.3 Å². The number of nitrogens with one attached hydrogen (secondary N) is 1. The Morgan fingerprint density at radius 1 is 1.16 bits per heavy atom. The van der Waals surface area contributed by atoms with Gasteiger partial charge >= 0.3 is 0 Å². The van der Waals surface area contributed by atoms with Crippen LogP contribution in [-0.2, 0) is 6.42 Å². The van der Waals surface area contributed by atoms with Crippen molar-refractivity contribution in [2.24, 2.45) is 0 Å². The van der Waals surface area contributed by atoms with Crippen LogP contribution >= 0.6 is 11.3 Å². The van der Waals surface area contributed by atoms with Gasteiger partial charge in [0, 0.05) is 30.3 Å². The average Bonchev–Trinajstić information content (AvgIpc) is 3.21. The maximum Gasteiger partial charge on any atom is 0.267 e. The molecule has 1 unspecified atom stereocenters. The third-order valence-electron chi connectivity index (χ3n) is 5.69. The van der Waals surface area contributed by atoms with Crippen molar-refractivity contribution in [3.05, 3.63) is 81.3 Å². The van der Waals surface area contributed by atoms with Crippen LogP contribution in [-0.4, -0.2) is 34.8 Å². The van der Waals surface area contributed by atoms with Crippen LogP contribution < -0.4 is 5.32 Å². The van der Waals surface area contributed by atoms with E-state index in [9.17, 15) is 9.59 Å². The predicted molar refractivity (Wildman–Crippen MR) is 125 cm³/mol. The van der Waals surface area contributed by atoms with Gasteiger partial charge in [0.1, 0.15) is 4.88 Å². The Kier molecular flexibility index (Phi) is 6.47. The van der Waals surface area contributed by atoms with Crippen LogP contribution in [0.1, 0.15) is 62.0 Å². The number of hydrogen-bond acceptors (Lipinski definition) is 4.